The Labute approximate surface area is 151 Å². The molecule has 1 aliphatic heterocycles. The van der Waals surface area contributed by atoms with Crippen LogP contribution in [-0.2, 0) is 17.8 Å². The minimum atomic E-state index is -0.219. The first-order valence-corrected chi connectivity index (χ1v) is 8.88. The molecule has 0 N–H and O–H groups in total. The van der Waals surface area contributed by atoms with E-state index in [4.69, 9.17) is 0 Å². The highest BCUT2D eigenvalue weighted by molar-refractivity contribution is 5.84. The van der Waals surface area contributed by atoms with Gasteiger partial charge in [0.1, 0.15) is 6.54 Å². The molecule has 0 saturated carbocycles. The highest BCUT2D eigenvalue weighted by atomic mass is 16.2. The van der Waals surface area contributed by atoms with Crippen molar-refractivity contribution in [3.05, 3.63) is 70.4 Å². The maximum absolute atomic E-state index is 12.8. The van der Waals surface area contributed by atoms with E-state index in [0.29, 0.717) is 11.8 Å². The van der Waals surface area contributed by atoms with Crippen LogP contribution in [0.1, 0.15) is 24.1 Å². The molecule has 0 atom stereocenters. The van der Waals surface area contributed by atoms with E-state index < -0.39 is 0 Å². The summed E-state index contributed by atoms with van der Waals surface area (Å²) in [5.41, 5.74) is 1.58. The van der Waals surface area contributed by atoms with E-state index in [2.05, 4.69) is 10.1 Å². The molecular formula is C20H20N4O2. The summed E-state index contributed by atoms with van der Waals surface area (Å²) >= 11 is 0. The van der Waals surface area contributed by atoms with Gasteiger partial charge in [-0.1, -0.05) is 24.3 Å². The Morgan fingerprint density at radius 1 is 1.04 bits per heavy atom. The van der Waals surface area contributed by atoms with Crippen LogP contribution in [0, 0.1) is 0 Å². The van der Waals surface area contributed by atoms with Crippen LogP contribution >= 0.6 is 0 Å². The van der Waals surface area contributed by atoms with Gasteiger partial charge < -0.3 is 4.90 Å². The number of hydrogen-bond acceptors (Lipinski definition) is 4. The summed E-state index contributed by atoms with van der Waals surface area (Å²) < 4.78 is 1.31. The van der Waals surface area contributed by atoms with Gasteiger partial charge in [-0.15, -0.1) is 0 Å². The van der Waals surface area contributed by atoms with Gasteiger partial charge in [0, 0.05) is 37.3 Å². The average molecular weight is 348 g/mol. The summed E-state index contributed by atoms with van der Waals surface area (Å²) in [7, 11) is 0. The Balaban J connectivity index is 1.74. The molecule has 0 radical (unpaired) electrons. The maximum atomic E-state index is 12.8. The van der Waals surface area contributed by atoms with E-state index in [-0.39, 0.29) is 18.0 Å². The lowest BCUT2D eigenvalue weighted by Gasteiger charge is -2.16. The fourth-order valence-corrected chi connectivity index (χ4v) is 3.43. The summed E-state index contributed by atoms with van der Waals surface area (Å²) in [6, 6.07) is 11.3. The normalized spacial score (nSPS) is 14.1. The highest BCUT2D eigenvalue weighted by Gasteiger charge is 2.20. The van der Waals surface area contributed by atoms with Crippen LogP contribution in [0.5, 0.6) is 0 Å². The zero-order valence-electron chi connectivity index (χ0n) is 14.5. The van der Waals surface area contributed by atoms with Gasteiger partial charge in [-0.05, 0) is 30.5 Å². The summed E-state index contributed by atoms with van der Waals surface area (Å²) in [6.07, 6.45) is 6.13. The van der Waals surface area contributed by atoms with E-state index in [0.717, 1.165) is 42.6 Å². The smallest absolute Gasteiger partial charge is 0.275 e. The molecule has 1 fully saturated rings. The lowest BCUT2D eigenvalue weighted by Crippen LogP contribution is -2.36. The lowest BCUT2D eigenvalue weighted by molar-refractivity contribution is -0.131. The average Bonchev–Trinajstić information content (AvgIpc) is 3.21. The molecule has 26 heavy (non-hydrogen) atoms. The Bertz CT molecular complexity index is 992. The number of rotatable bonds is 4. The molecule has 6 nitrogen and oxygen atoms in total. The Kier molecular flexibility index (Phi) is 4.48. The number of nitrogens with zero attached hydrogens (tertiary/aromatic N) is 4. The van der Waals surface area contributed by atoms with Crippen molar-refractivity contribution in [2.45, 2.75) is 25.8 Å². The molecule has 0 aliphatic carbocycles. The van der Waals surface area contributed by atoms with Crippen molar-refractivity contribution in [2.75, 3.05) is 13.1 Å². The Hall–Kier alpha value is -3.02. The van der Waals surface area contributed by atoms with Gasteiger partial charge in [0.25, 0.3) is 5.56 Å². The molecular weight excluding hydrogens is 328 g/mol. The van der Waals surface area contributed by atoms with Crippen LogP contribution in [0.15, 0.2) is 53.6 Å². The number of carbonyl (C=O) groups excluding carboxylic acids is 1. The zero-order chi connectivity index (χ0) is 17.9. The third-order valence-electron chi connectivity index (χ3n) is 4.78. The van der Waals surface area contributed by atoms with Crippen molar-refractivity contribution in [2.24, 2.45) is 0 Å². The maximum Gasteiger partial charge on any atom is 0.275 e. The van der Waals surface area contributed by atoms with Crippen LogP contribution in [-0.4, -0.2) is 38.7 Å². The van der Waals surface area contributed by atoms with Gasteiger partial charge in [0.2, 0.25) is 5.91 Å². The van der Waals surface area contributed by atoms with Gasteiger partial charge in [-0.3, -0.25) is 14.6 Å². The van der Waals surface area contributed by atoms with Crippen molar-refractivity contribution in [1.82, 2.24) is 19.7 Å². The standard InChI is InChI=1S/C20H20N4O2/c25-19(23-10-3-4-11-23)14-24-20(26)17-8-2-1-7-16(17)18(22-24)12-15-6-5-9-21-13-15/h1-2,5-9,13H,3-4,10-12,14H2. The third kappa shape index (κ3) is 3.22. The molecule has 1 amide bonds. The third-order valence-corrected chi connectivity index (χ3v) is 4.78. The van der Waals surface area contributed by atoms with Gasteiger partial charge in [0.05, 0.1) is 11.1 Å². The summed E-state index contributed by atoms with van der Waals surface area (Å²) in [5.74, 6) is -0.0419. The zero-order valence-corrected chi connectivity index (χ0v) is 14.5. The van der Waals surface area contributed by atoms with Gasteiger partial charge in [-0.2, -0.15) is 5.10 Å². The number of benzene rings is 1. The number of fused-ring (bicyclic) bond motifs is 1. The number of hydrogen-bond donors (Lipinski definition) is 0. The van der Waals surface area contributed by atoms with Gasteiger partial charge in [0.15, 0.2) is 0 Å². The molecule has 6 heteroatoms. The number of pyridine rings is 1. The Morgan fingerprint density at radius 3 is 2.54 bits per heavy atom. The molecule has 2 aromatic heterocycles. The first-order chi connectivity index (χ1) is 12.7. The molecule has 4 rings (SSSR count). The first kappa shape index (κ1) is 16.4. The molecule has 132 valence electrons. The second kappa shape index (κ2) is 7.07. The van der Waals surface area contributed by atoms with E-state index in [1.807, 2.05) is 35.2 Å². The summed E-state index contributed by atoms with van der Waals surface area (Å²) in [5, 5.41) is 5.95. The largest absolute Gasteiger partial charge is 0.341 e. The van der Waals surface area contributed by atoms with E-state index in [1.54, 1.807) is 18.5 Å². The molecule has 3 heterocycles. The second-order valence-electron chi connectivity index (χ2n) is 6.58. The number of amides is 1. The highest BCUT2D eigenvalue weighted by Crippen LogP contribution is 2.17. The second-order valence-corrected chi connectivity index (χ2v) is 6.58. The fraction of sp³-hybridized carbons (Fsp3) is 0.300. The van der Waals surface area contributed by atoms with Crippen LogP contribution in [0.3, 0.4) is 0 Å². The summed E-state index contributed by atoms with van der Waals surface area (Å²) in [6.45, 7) is 1.52. The minimum Gasteiger partial charge on any atom is -0.341 e. The number of aromatic nitrogens is 3. The number of likely N-dealkylation sites (tertiary alicyclic amines) is 1. The van der Waals surface area contributed by atoms with E-state index in [1.165, 1.54) is 4.68 Å². The van der Waals surface area contributed by atoms with Crippen molar-refractivity contribution in [1.29, 1.82) is 0 Å². The van der Waals surface area contributed by atoms with Crippen molar-refractivity contribution in [3.63, 3.8) is 0 Å². The minimum absolute atomic E-state index is 0.0102. The topological polar surface area (TPSA) is 68.1 Å². The SMILES string of the molecule is O=C(Cn1nc(Cc2cccnc2)c2ccccc2c1=O)N1CCCC1. The predicted molar refractivity (Wildman–Crippen MR) is 98.9 cm³/mol. The van der Waals surface area contributed by atoms with Crippen molar-refractivity contribution < 1.29 is 4.79 Å². The molecule has 0 bridgehead atoms. The molecule has 1 aromatic carbocycles. The van der Waals surface area contributed by atoms with Crippen molar-refractivity contribution >= 4 is 16.7 Å². The molecule has 3 aromatic rings. The molecule has 0 spiro atoms. The van der Waals surface area contributed by atoms with Crippen LogP contribution in [0.25, 0.3) is 10.8 Å². The van der Waals surface area contributed by atoms with E-state index in [9.17, 15) is 9.59 Å². The van der Waals surface area contributed by atoms with Gasteiger partial charge in [-0.25, -0.2) is 4.68 Å². The Morgan fingerprint density at radius 2 is 1.81 bits per heavy atom. The molecule has 0 unspecified atom stereocenters. The first-order valence-electron chi connectivity index (χ1n) is 8.88. The van der Waals surface area contributed by atoms with E-state index >= 15 is 0 Å². The van der Waals surface area contributed by atoms with Crippen molar-refractivity contribution in [3.8, 4) is 0 Å². The molecule has 1 aliphatic rings. The lowest BCUT2D eigenvalue weighted by atomic mass is 10.1. The monoisotopic (exact) mass is 348 g/mol. The van der Waals surface area contributed by atoms with Gasteiger partial charge >= 0.3 is 0 Å². The quantitative estimate of drug-likeness (QED) is 0.723. The van der Waals surface area contributed by atoms with Crippen LogP contribution in [0.2, 0.25) is 0 Å². The number of carbonyl (C=O) groups is 1. The fourth-order valence-electron chi connectivity index (χ4n) is 3.43. The summed E-state index contributed by atoms with van der Waals surface area (Å²) in [4.78, 5) is 31.2. The molecule has 1 saturated heterocycles. The predicted octanol–water partition coefficient (Wildman–Crippen LogP) is 2.00. The van der Waals surface area contributed by atoms with Crippen LogP contribution in [0.4, 0.5) is 0 Å². The van der Waals surface area contributed by atoms with Crippen LogP contribution < -0.4 is 5.56 Å².